The maximum atomic E-state index is 6.26. The molecule has 1 atom stereocenters. The first-order valence-corrected chi connectivity index (χ1v) is 7.91. The van der Waals surface area contributed by atoms with E-state index < -0.39 is 0 Å². The number of halogens is 1. The Bertz CT molecular complexity index is 506. The van der Waals surface area contributed by atoms with Gasteiger partial charge in [0, 0.05) is 29.9 Å². The minimum atomic E-state index is 0.336. The van der Waals surface area contributed by atoms with E-state index in [1.807, 2.05) is 24.0 Å². The molecule has 2 aromatic rings. The van der Waals surface area contributed by atoms with Crippen molar-refractivity contribution in [3.05, 3.63) is 39.3 Å². The van der Waals surface area contributed by atoms with E-state index in [1.165, 1.54) is 10.6 Å². The van der Waals surface area contributed by atoms with Gasteiger partial charge in [-0.1, -0.05) is 18.5 Å². The van der Waals surface area contributed by atoms with Gasteiger partial charge in [-0.15, -0.1) is 11.3 Å². The number of hydrogen-bond acceptors (Lipinski definition) is 3. The molecule has 5 heteroatoms. The summed E-state index contributed by atoms with van der Waals surface area (Å²) in [6, 6.07) is 4.39. The van der Waals surface area contributed by atoms with Crippen LogP contribution in [0.2, 0.25) is 5.02 Å². The highest BCUT2D eigenvalue weighted by atomic mass is 35.5. The van der Waals surface area contributed by atoms with Gasteiger partial charge in [0.2, 0.25) is 0 Å². The second-order valence-corrected chi connectivity index (χ2v) is 5.98. The maximum Gasteiger partial charge on any atom is 0.0561 e. The van der Waals surface area contributed by atoms with Crippen molar-refractivity contribution in [2.75, 3.05) is 6.54 Å². The van der Waals surface area contributed by atoms with Gasteiger partial charge in [-0.3, -0.25) is 4.68 Å². The molecule has 104 valence electrons. The Hall–Kier alpha value is -0.840. The van der Waals surface area contributed by atoms with Crippen LogP contribution in [0.1, 0.15) is 36.4 Å². The fraction of sp³-hybridized carbons (Fsp3) is 0.500. The summed E-state index contributed by atoms with van der Waals surface area (Å²) >= 11 is 7.99. The number of thiophene rings is 1. The molecule has 2 heterocycles. The summed E-state index contributed by atoms with van der Waals surface area (Å²) in [6.45, 7) is 3.20. The van der Waals surface area contributed by atoms with Gasteiger partial charge in [0.25, 0.3) is 0 Å². The Balaban J connectivity index is 2.02. The monoisotopic (exact) mass is 297 g/mol. The number of rotatable bonds is 7. The van der Waals surface area contributed by atoms with Crippen molar-refractivity contribution in [3.8, 4) is 0 Å². The SMILES string of the molecule is CCCNC(CCc1ccnn1C)c1sccc1Cl. The van der Waals surface area contributed by atoms with E-state index in [1.54, 1.807) is 11.3 Å². The zero-order valence-electron chi connectivity index (χ0n) is 11.4. The molecule has 3 nitrogen and oxygen atoms in total. The van der Waals surface area contributed by atoms with Gasteiger partial charge in [0.05, 0.1) is 5.02 Å². The predicted octanol–water partition coefficient (Wildman–Crippen LogP) is 3.81. The summed E-state index contributed by atoms with van der Waals surface area (Å²) in [5.74, 6) is 0. The summed E-state index contributed by atoms with van der Waals surface area (Å²) in [7, 11) is 1.99. The van der Waals surface area contributed by atoms with E-state index in [2.05, 4.69) is 28.8 Å². The van der Waals surface area contributed by atoms with E-state index in [-0.39, 0.29) is 0 Å². The molecule has 1 N–H and O–H groups in total. The Kier molecular flexibility index (Phi) is 5.43. The van der Waals surface area contributed by atoms with Crippen LogP contribution in [-0.2, 0) is 13.5 Å². The van der Waals surface area contributed by atoms with E-state index >= 15 is 0 Å². The fourth-order valence-corrected chi connectivity index (χ4v) is 3.44. The molecule has 0 aliphatic rings. The third-order valence-corrected chi connectivity index (χ3v) is 4.69. The average Bonchev–Trinajstić information content (AvgIpc) is 2.99. The van der Waals surface area contributed by atoms with Gasteiger partial charge in [-0.2, -0.15) is 5.10 Å². The standard InChI is InChI=1S/C14H20ClN3S/c1-3-8-16-13(14-12(15)7-10-19-14)5-4-11-6-9-17-18(11)2/h6-7,9-10,13,16H,3-5,8H2,1-2H3. The molecule has 0 bridgehead atoms. The van der Waals surface area contributed by atoms with Gasteiger partial charge in [0.1, 0.15) is 0 Å². The molecule has 0 aromatic carbocycles. The summed E-state index contributed by atoms with van der Waals surface area (Å²) in [5.41, 5.74) is 1.26. The fourth-order valence-electron chi connectivity index (χ4n) is 2.14. The van der Waals surface area contributed by atoms with Gasteiger partial charge in [-0.25, -0.2) is 0 Å². The summed E-state index contributed by atoms with van der Waals surface area (Å²) < 4.78 is 1.94. The van der Waals surface area contributed by atoms with E-state index in [0.29, 0.717) is 6.04 Å². The van der Waals surface area contributed by atoms with Crippen LogP contribution in [0.3, 0.4) is 0 Å². The second-order valence-electron chi connectivity index (χ2n) is 4.62. The molecule has 0 saturated heterocycles. The Labute approximate surface area is 123 Å². The van der Waals surface area contributed by atoms with Crippen LogP contribution in [0.4, 0.5) is 0 Å². The molecular weight excluding hydrogens is 278 g/mol. The van der Waals surface area contributed by atoms with Crippen LogP contribution in [-0.4, -0.2) is 16.3 Å². The molecule has 0 aliphatic heterocycles. The van der Waals surface area contributed by atoms with Crippen molar-refractivity contribution in [1.82, 2.24) is 15.1 Å². The lowest BCUT2D eigenvalue weighted by atomic mass is 10.1. The minimum absolute atomic E-state index is 0.336. The molecule has 19 heavy (non-hydrogen) atoms. The van der Waals surface area contributed by atoms with Crippen molar-refractivity contribution in [2.24, 2.45) is 7.05 Å². The van der Waals surface area contributed by atoms with Crippen molar-refractivity contribution < 1.29 is 0 Å². The highest BCUT2D eigenvalue weighted by Gasteiger charge is 2.16. The maximum absolute atomic E-state index is 6.26. The van der Waals surface area contributed by atoms with E-state index in [0.717, 1.165) is 30.8 Å². The Morgan fingerprint density at radius 3 is 2.89 bits per heavy atom. The van der Waals surface area contributed by atoms with Crippen molar-refractivity contribution in [3.63, 3.8) is 0 Å². The van der Waals surface area contributed by atoms with Crippen LogP contribution >= 0.6 is 22.9 Å². The average molecular weight is 298 g/mol. The smallest absolute Gasteiger partial charge is 0.0561 e. The lowest BCUT2D eigenvalue weighted by molar-refractivity contribution is 0.498. The minimum Gasteiger partial charge on any atom is -0.309 e. The summed E-state index contributed by atoms with van der Waals surface area (Å²) in [6.07, 6.45) is 5.03. The van der Waals surface area contributed by atoms with Crippen molar-refractivity contribution in [2.45, 2.75) is 32.2 Å². The van der Waals surface area contributed by atoms with Gasteiger partial charge < -0.3 is 5.32 Å². The van der Waals surface area contributed by atoms with Gasteiger partial charge in [0.15, 0.2) is 0 Å². The highest BCUT2D eigenvalue weighted by molar-refractivity contribution is 7.10. The van der Waals surface area contributed by atoms with Crippen LogP contribution in [0.5, 0.6) is 0 Å². The molecule has 0 saturated carbocycles. The molecular formula is C14H20ClN3S. The number of nitrogens with zero attached hydrogens (tertiary/aromatic N) is 2. The first kappa shape index (κ1) is 14.6. The number of nitrogens with one attached hydrogen (secondary N) is 1. The Morgan fingerprint density at radius 2 is 2.32 bits per heavy atom. The van der Waals surface area contributed by atoms with Crippen LogP contribution in [0.25, 0.3) is 0 Å². The third-order valence-electron chi connectivity index (χ3n) is 3.21. The van der Waals surface area contributed by atoms with E-state index in [4.69, 9.17) is 11.6 Å². The number of aromatic nitrogens is 2. The largest absolute Gasteiger partial charge is 0.309 e. The van der Waals surface area contributed by atoms with Crippen LogP contribution in [0.15, 0.2) is 23.7 Å². The quantitative estimate of drug-likeness (QED) is 0.842. The molecule has 2 rings (SSSR count). The molecule has 0 spiro atoms. The lowest BCUT2D eigenvalue weighted by Gasteiger charge is -2.17. The molecule has 1 unspecified atom stereocenters. The Morgan fingerprint density at radius 1 is 1.47 bits per heavy atom. The summed E-state index contributed by atoms with van der Waals surface area (Å²) in [5, 5.41) is 10.7. The predicted molar refractivity (Wildman–Crippen MR) is 81.9 cm³/mol. The number of hydrogen-bond donors (Lipinski definition) is 1. The van der Waals surface area contributed by atoms with Gasteiger partial charge >= 0.3 is 0 Å². The molecule has 0 fully saturated rings. The van der Waals surface area contributed by atoms with Crippen molar-refractivity contribution in [1.29, 1.82) is 0 Å². The zero-order chi connectivity index (χ0) is 13.7. The molecule has 0 aliphatic carbocycles. The normalized spacial score (nSPS) is 12.8. The first-order valence-electron chi connectivity index (χ1n) is 6.65. The summed E-state index contributed by atoms with van der Waals surface area (Å²) in [4.78, 5) is 1.25. The van der Waals surface area contributed by atoms with Crippen molar-refractivity contribution >= 4 is 22.9 Å². The lowest BCUT2D eigenvalue weighted by Crippen LogP contribution is -2.22. The van der Waals surface area contributed by atoms with E-state index in [9.17, 15) is 0 Å². The molecule has 0 amide bonds. The second kappa shape index (κ2) is 7.08. The zero-order valence-corrected chi connectivity index (χ0v) is 13.0. The molecule has 0 radical (unpaired) electrons. The third kappa shape index (κ3) is 3.81. The number of aryl methyl sites for hydroxylation is 2. The van der Waals surface area contributed by atoms with Crippen LogP contribution in [0, 0.1) is 0 Å². The molecule has 2 aromatic heterocycles. The first-order chi connectivity index (χ1) is 9.22. The topological polar surface area (TPSA) is 29.9 Å². The van der Waals surface area contributed by atoms with Crippen LogP contribution < -0.4 is 5.32 Å². The van der Waals surface area contributed by atoms with Gasteiger partial charge in [-0.05, 0) is 43.3 Å². The highest BCUT2D eigenvalue weighted by Crippen LogP contribution is 2.31.